The molecule has 154 valence electrons. The van der Waals surface area contributed by atoms with Gasteiger partial charge >= 0.3 is 12.0 Å². The third kappa shape index (κ3) is 3.64. The van der Waals surface area contributed by atoms with E-state index in [1.165, 1.54) is 4.90 Å². The normalized spacial score (nSPS) is 18.1. The summed E-state index contributed by atoms with van der Waals surface area (Å²) in [6, 6.07) is 11.5. The second-order valence-corrected chi connectivity index (χ2v) is 7.70. The molecule has 8 heteroatoms. The molecular weight excluding hydrogens is 406 g/mol. The van der Waals surface area contributed by atoms with Gasteiger partial charge in [0, 0.05) is 10.7 Å². The van der Waals surface area contributed by atoms with E-state index in [0.29, 0.717) is 27.5 Å². The Morgan fingerprint density at radius 2 is 2.00 bits per heavy atom. The van der Waals surface area contributed by atoms with Gasteiger partial charge in [-0.3, -0.25) is 9.69 Å². The predicted molar refractivity (Wildman–Crippen MR) is 112 cm³/mol. The van der Waals surface area contributed by atoms with Gasteiger partial charge in [-0.2, -0.15) is 0 Å². The van der Waals surface area contributed by atoms with Crippen LogP contribution in [0.25, 0.3) is 0 Å². The molecule has 2 N–H and O–H groups in total. The van der Waals surface area contributed by atoms with Crippen LogP contribution in [-0.2, 0) is 14.3 Å². The Labute approximate surface area is 178 Å². The Morgan fingerprint density at radius 1 is 1.23 bits per heavy atom. The van der Waals surface area contributed by atoms with Gasteiger partial charge in [0.25, 0.3) is 0 Å². The zero-order chi connectivity index (χ0) is 21.4. The highest BCUT2D eigenvalue weighted by molar-refractivity contribution is 6.31. The lowest BCUT2D eigenvalue weighted by Crippen LogP contribution is -2.49. The number of ether oxygens (including phenoxy) is 1. The van der Waals surface area contributed by atoms with Crippen molar-refractivity contribution in [1.29, 1.82) is 0 Å². The first-order chi connectivity index (χ1) is 14.3. The summed E-state index contributed by atoms with van der Waals surface area (Å²) in [6.07, 6.45) is 0. The first kappa shape index (κ1) is 20.0. The molecule has 2 aromatic carbocycles. The summed E-state index contributed by atoms with van der Waals surface area (Å²) in [5.74, 6) is -0.906. The highest BCUT2D eigenvalue weighted by atomic mass is 35.5. The van der Waals surface area contributed by atoms with Gasteiger partial charge < -0.3 is 15.4 Å². The molecule has 2 aliphatic rings. The van der Waals surface area contributed by atoms with Crippen molar-refractivity contribution >= 4 is 35.2 Å². The van der Waals surface area contributed by atoms with E-state index in [4.69, 9.17) is 16.3 Å². The van der Waals surface area contributed by atoms with E-state index >= 15 is 0 Å². The van der Waals surface area contributed by atoms with E-state index in [-0.39, 0.29) is 19.1 Å². The predicted octanol–water partition coefficient (Wildman–Crippen LogP) is 3.47. The van der Waals surface area contributed by atoms with Crippen LogP contribution in [0, 0.1) is 13.8 Å². The number of halogens is 1. The average Bonchev–Trinajstić information content (AvgIpc) is 3.09. The van der Waals surface area contributed by atoms with Gasteiger partial charge in [0.2, 0.25) is 5.91 Å². The fraction of sp³-hybridized carbons (Fsp3) is 0.227. The van der Waals surface area contributed by atoms with Crippen LogP contribution in [0.5, 0.6) is 0 Å². The molecule has 0 aliphatic carbocycles. The van der Waals surface area contributed by atoms with Gasteiger partial charge in [0.05, 0.1) is 17.3 Å². The first-order valence-electron chi connectivity index (χ1n) is 9.45. The van der Waals surface area contributed by atoms with Crippen LogP contribution in [0.4, 0.5) is 10.5 Å². The number of cyclic esters (lactones) is 1. The van der Waals surface area contributed by atoms with Crippen molar-refractivity contribution in [3.05, 3.63) is 75.4 Å². The van der Waals surface area contributed by atoms with E-state index in [9.17, 15) is 14.4 Å². The van der Waals surface area contributed by atoms with Gasteiger partial charge in [-0.1, -0.05) is 41.9 Å². The van der Waals surface area contributed by atoms with Gasteiger partial charge in [0.15, 0.2) is 0 Å². The number of urea groups is 1. The molecule has 0 saturated heterocycles. The largest absolute Gasteiger partial charge is 0.456 e. The summed E-state index contributed by atoms with van der Waals surface area (Å²) < 4.78 is 5.18. The summed E-state index contributed by atoms with van der Waals surface area (Å²) in [5.41, 5.74) is 3.87. The van der Waals surface area contributed by atoms with E-state index in [2.05, 4.69) is 10.6 Å². The van der Waals surface area contributed by atoms with E-state index < -0.39 is 18.0 Å². The number of rotatable bonds is 4. The number of anilines is 1. The molecular formula is C22H20ClN3O4. The molecule has 30 heavy (non-hydrogen) atoms. The lowest BCUT2D eigenvalue weighted by Gasteiger charge is -2.32. The smallest absolute Gasteiger partial charge is 0.338 e. The van der Waals surface area contributed by atoms with Crippen molar-refractivity contribution in [2.45, 2.75) is 19.9 Å². The third-order valence-electron chi connectivity index (χ3n) is 5.18. The van der Waals surface area contributed by atoms with E-state index in [0.717, 1.165) is 11.1 Å². The summed E-state index contributed by atoms with van der Waals surface area (Å²) in [4.78, 5) is 39.2. The van der Waals surface area contributed by atoms with Crippen LogP contribution < -0.4 is 10.6 Å². The lowest BCUT2D eigenvalue weighted by atomic mass is 9.95. The fourth-order valence-corrected chi connectivity index (χ4v) is 3.87. The molecule has 0 radical (unpaired) electrons. The number of carbonyl (C=O) groups excluding carboxylic acids is 3. The second-order valence-electron chi connectivity index (χ2n) is 7.29. The lowest BCUT2D eigenvalue weighted by molar-refractivity contribution is -0.136. The van der Waals surface area contributed by atoms with E-state index in [1.54, 1.807) is 24.3 Å². The minimum absolute atomic E-state index is 0.0701. The number of amides is 3. The zero-order valence-electron chi connectivity index (χ0n) is 16.5. The Morgan fingerprint density at radius 3 is 2.77 bits per heavy atom. The number of aryl methyl sites for hydroxylation is 2. The summed E-state index contributed by atoms with van der Waals surface area (Å²) in [5, 5.41) is 6.04. The van der Waals surface area contributed by atoms with E-state index in [1.807, 2.05) is 32.0 Å². The van der Waals surface area contributed by atoms with Gasteiger partial charge in [-0.05, 0) is 42.7 Å². The van der Waals surface area contributed by atoms with Crippen molar-refractivity contribution in [2.75, 3.05) is 18.5 Å². The van der Waals surface area contributed by atoms with Crippen molar-refractivity contribution in [1.82, 2.24) is 10.2 Å². The minimum Gasteiger partial charge on any atom is -0.456 e. The third-order valence-corrected chi connectivity index (χ3v) is 5.53. The molecule has 0 spiro atoms. The number of nitrogens with one attached hydrogen (secondary N) is 2. The second kappa shape index (κ2) is 7.84. The average molecular weight is 426 g/mol. The maximum absolute atomic E-state index is 12.8. The summed E-state index contributed by atoms with van der Waals surface area (Å²) >= 11 is 6.28. The highest BCUT2D eigenvalue weighted by Crippen LogP contribution is 2.37. The zero-order valence-corrected chi connectivity index (χ0v) is 17.2. The molecule has 3 amide bonds. The Hall–Kier alpha value is -3.32. The van der Waals surface area contributed by atoms with Crippen LogP contribution in [0.3, 0.4) is 0 Å². The van der Waals surface area contributed by atoms with Crippen molar-refractivity contribution in [3.63, 3.8) is 0 Å². The fourth-order valence-electron chi connectivity index (χ4n) is 3.62. The minimum atomic E-state index is -0.727. The molecule has 2 aliphatic heterocycles. The Balaban J connectivity index is 1.62. The topological polar surface area (TPSA) is 87.7 Å². The molecule has 2 aromatic rings. The number of benzene rings is 2. The van der Waals surface area contributed by atoms with Crippen LogP contribution >= 0.6 is 11.6 Å². The Bertz CT molecular complexity index is 1100. The SMILES string of the molecule is Cc1ccc(C)c(NC(=O)CN2C(=O)N[C@@H](c3ccccc3Cl)C3=C2COC3=O)c1. The molecule has 0 unspecified atom stereocenters. The maximum atomic E-state index is 12.8. The molecule has 0 bridgehead atoms. The van der Waals surface area contributed by atoms with Crippen molar-refractivity contribution < 1.29 is 19.1 Å². The molecule has 0 aromatic heterocycles. The highest BCUT2D eigenvalue weighted by Gasteiger charge is 2.43. The van der Waals surface area contributed by atoms with Gasteiger partial charge in [-0.15, -0.1) is 0 Å². The van der Waals surface area contributed by atoms with Crippen LogP contribution in [0.15, 0.2) is 53.7 Å². The van der Waals surface area contributed by atoms with Gasteiger partial charge in [0.1, 0.15) is 13.2 Å². The van der Waals surface area contributed by atoms with Crippen molar-refractivity contribution in [2.24, 2.45) is 0 Å². The number of nitrogens with zero attached hydrogens (tertiary/aromatic N) is 1. The molecule has 0 saturated carbocycles. The molecule has 4 rings (SSSR count). The maximum Gasteiger partial charge on any atom is 0.338 e. The van der Waals surface area contributed by atoms with Crippen LogP contribution in [0.2, 0.25) is 5.02 Å². The number of carbonyl (C=O) groups is 3. The van der Waals surface area contributed by atoms with Gasteiger partial charge in [-0.25, -0.2) is 9.59 Å². The molecule has 1 atom stereocenters. The quantitative estimate of drug-likeness (QED) is 0.734. The summed E-state index contributed by atoms with van der Waals surface area (Å²) in [7, 11) is 0. The molecule has 0 fully saturated rings. The number of esters is 1. The van der Waals surface area contributed by atoms with Crippen LogP contribution in [0.1, 0.15) is 22.7 Å². The number of hydrogen-bond donors (Lipinski definition) is 2. The van der Waals surface area contributed by atoms with Crippen LogP contribution in [-0.4, -0.2) is 36.0 Å². The monoisotopic (exact) mass is 425 g/mol. The first-order valence-corrected chi connectivity index (χ1v) is 9.82. The van der Waals surface area contributed by atoms with Crippen molar-refractivity contribution in [3.8, 4) is 0 Å². The molecule has 7 nitrogen and oxygen atoms in total. The molecule has 2 heterocycles. The number of hydrogen-bond acceptors (Lipinski definition) is 4. The standard InChI is InChI=1S/C22H20ClN3O4/c1-12-7-8-13(2)16(9-12)24-18(27)10-26-17-11-30-21(28)19(17)20(25-22(26)29)14-5-3-4-6-15(14)23/h3-9,20H,10-11H2,1-2H3,(H,24,27)(H,25,29)/t20-/m0/s1. The Kier molecular flexibility index (Phi) is 5.22. The summed E-state index contributed by atoms with van der Waals surface area (Å²) in [6.45, 7) is 3.50.